The Labute approximate surface area is 139 Å². The summed E-state index contributed by atoms with van der Waals surface area (Å²) in [6.07, 6.45) is -3.19. The Morgan fingerprint density at radius 3 is 2.13 bits per heavy atom. The van der Waals surface area contributed by atoms with Crippen LogP contribution in [0.5, 0.6) is 0 Å². The summed E-state index contributed by atoms with van der Waals surface area (Å²) in [5, 5.41) is 4.40. The number of amides is 1. The van der Waals surface area contributed by atoms with E-state index in [1.165, 1.54) is 6.21 Å². The van der Waals surface area contributed by atoms with E-state index in [-0.39, 0.29) is 5.56 Å². The Bertz CT molecular complexity index is 723. The molecule has 0 aromatic heterocycles. The number of rotatable bonds is 3. The van der Waals surface area contributed by atoms with Gasteiger partial charge in [0.25, 0.3) is 5.91 Å². The van der Waals surface area contributed by atoms with Gasteiger partial charge in [0, 0.05) is 11.1 Å². The number of hydrogen-bond acceptors (Lipinski definition) is 2. The molecular formula is C15H9Cl2F3N2O. The number of hydrazone groups is 1. The lowest BCUT2D eigenvalue weighted by Gasteiger charge is -2.07. The highest BCUT2D eigenvalue weighted by molar-refractivity contribution is 6.38. The first-order valence-electron chi connectivity index (χ1n) is 6.23. The number of nitrogens with zero attached hydrogens (tertiary/aromatic N) is 1. The van der Waals surface area contributed by atoms with Crippen LogP contribution >= 0.6 is 23.2 Å². The van der Waals surface area contributed by atoms with Gasteiger partial charge >= 0.3 is 6.18 Å². The molecule has 120 valence electrons. The van der Waals surface area contributed by atoms with Crippen LogP contribution in [0.15, 0.2) is 47.6 Å². The first-order chi connectivity index (χ1) is 10.8. The maximum absolute atomic E-state index is 12.4. The summed E-state index contributed by atoms with van der Waals surface area (Å²) in [7, 11) is 0. The Balaban J connectivity index is 2.06. The highest BCUT2D eigenvalue weighted by Gasteiger charge is 2.30. The van der Waals surface area contributed by atoms with E-state index in [1.54, 1.807) is 18.2 Å². The summed E-state index contributed by atoms with van der Waals surface area (Å²) in [5.74, 6) is -0.654. The molecule has 23 heavy (non-hydrogen) atoms. The quantitative estimate of drug-likeness (QED) is 0.621. The van der Waals surface area contributed by atoms with Crippen LogP contribution in [0.1, 0.15) is 21.5 Å². The summed E-state index contributed by atoms with van der Waals surface area (Å²) in [5.41, 5.74) is 1.82. The zero-order valence-electron chi connectivity index (χ0n) is 11.4. The van der Waals surface area contributed by atoms with Crippen LogP contribution < -0.4 is 5.43 Å². The summed E-state index contributed by atoms with van der Waals surface area (Å²) >= 11 is 11.9. The number of carbonyl (C=O) groups is 1. The van der Waals surface area contributed by atoms with Gasteiger partial charge in [0.1, 0.15) is 0 Å². The van der Waals surface area contributed by atoms with E-state index in [0.717, 1.165) is 24.3 Å². The first-order valence-corrected chi connectivity index (χ1v) is 6.99. The molecule has 2 aromatic carbocycles. The van der Waals surface area contributed by atoms with E-state index >= 15 is 0 Å². The van der Waals surface area contributed by atoms with Gasteiger partial charge in [-0.2, -0.15) is 18.3 Å². The number of alkyl halides is 3. The minimum Gasteiger partial charge on any atom is -0.267 e. The monoisotopic (exact) mass is 360 g/mol. The number of hydrogen-bond donors (Lipinski definition) is 1. The zero-order valence-corrected chi connectivity index (χ0v) is 12.9. The van der Waals surface area contributed by atoms with Gasteiger partial charge < -0.3 is 0 Å². The Morgan fingerprint density at radius 1 is 1.04 bits per heavy atom. The molecule has 0 atom stereocenters. The Kier molecular flexibility index (Phi) is 5.28. The average molecular weight is 361 g/mol. The molecular weight excluding hydrogens is 352 g/mol. The molecule has 0 aliphatic carbocycles. The van der Waals surface area contributed by atoms with Crippen LogP contribution in [0.25, 0.3) is 0 Å². The fourth-order valence-electron chi connectivity index (χ4n) is 1.66. The molecule has 0 spiro atoms. The van der Waals surface area contributed by atoms with Crippen molar-refractivity contribution in [3.63, 3.8) is 0 Å². The van der Waals surface area contributed by atoms with E-state index in [1.807, 2.05) is 0 Å². The molecule has 1 N–H and O–H groups in total. The van der Waals surface area contributed by atoms with Crippen molar-refractivity contribution in [2.75, 3.05) is 0 Å². The second-order valence-corrected chi connectivity index (χ2v) is 5.22. The fourth-order valence-corrected chi connectivity index (χ4v) is 2.16. The van der Waals surface area contributed by atoms with Gasteiger partial charge in [0.05, 0.1) is 21.8 Å². The highest BCUT2D eigenvalue weighted by Crippen LogP contribution is 2.29. The molecule has 1 amide bonds. The smallest absolute Gasteiger partial charge is 0.267 e. The van der Waals surface area contributed by atoms with Crippen molar-refractivity contribution in [3.05, 3.63) is 69.2 Å². The molecule has 0 radical (unpaired) electrons. The lowest BCUT2D eigenvalue weighted by Crippen LogP contribution is -2.18. The molecule has 0 heterocycles. The van der Waals surface area contributed by atoms with Crippen molar-refractivity contribution in [2.24, 2.45) is 5.10 Å². The third-order valence-electron chi connectivity index (χ3n) is 2.83. The van der Waals surface area contributed by atoms with Crippen molar-refractivity contribution in [3.8, 4) is 0 Å². The number of nitrogens with one attached hydrogen (secondary N) is 1. The van der Waals surface area contributed by atoms with E-state index in [9.17, 15) is 18.0 Å². The predicted octanol–water partition coefficient (Wildman–Crippen LogP) is 4.78. The van der Waals surface area contributed by atoms with Crippen molar-refractivity contribution in [2.45, 2.75) is 6.18 Å². The summed E-state index contributed by atoms with van der Waals surface area (Å²) < 4.78 is 37.3. The molecule has 8 heteroatoms. The van der Waals surface area contributed by atoms with Gasteiger partial charge in [-0.05, 0) is 36.4 Å². The molecule has 0 bridgehead atoms. The Hall–Kier alpha value is -2.05. The number of benzene rings is 2. The molecule has 0 aliphatic rings. The van der Waals surface area contributed by atoms with Crippen LogP contribution in [-0.2, 0) is 6.18 Å². The minimum atomic E-state index is -4.45. The topological polar surface area (TPSA) is 41.5 Å². The van der Waals surface area contributed by atoms with Gasteiger partial charge in [0.2, 0.25) is 0 Å². The molecule has 2 rings (SSSR count). The maximum atomic E-state index is 12.4. The van der Waals surface area contributed by atoms with E-state index in [0.29, 0.717) is 15.6 Å². The molecule has 0 fully saturated rings. The normalized spacial score (nSPS) is 11.7. The first kappa shape index (κ1) is 17.3. The summed E-state index contributed by atoms with van der Waals surface area (Å²) in [6.45, 7) is 0. The molecule has 0 saturated carbocycles. The molecule has 3 nitrogen and oxygen atoms in total. The molecule has 0 unspecified atom stereocenters. The average Bonchev–Trinajstić information content (AvgIpc) is 2.49. The Morgan fingerprint density at radius 2 is 1.61 bits per heavy atom. The van der Waals surface area contributed by atoms with Crippen LogP contribution in [-0.4, -0.2) is 12.1 Å². The lowest BCUT2D eigenvalue weighted by molar-refractivity contribution is -0.137. The van der Waals surface area contributed by atoms with Gasteiger partial charge in [-0.15, -0.1) is 0 Å². The van der Waals surface area contributed by atoms with E-state index in [2.05, 4.69) is 10.5 Å². The van der Waals surface area contributed by atoms with Crippen molar-refractivity contribution in [1.82, 2.24) is 5.43 Å². The van der Waals surface area contributed by atoms with Crippen LogP contribution in [0.4, 0.5) is 13.2 Å². The molecule has 0 saturated heterocycles. The van der Waals surface area contributed by atoms with Gasteiger partial charge in [-0.25, -0.2) is 5.43 Å². The van der Waals surface area contributed by atoms with Crippen molar-refractivity contribution < 1.29 is 18.0 Å². The van der Waals surface area contributed by atoms with Crippen LogP contribution in [0, 0.1) is 0 Å². The predicted molar refractivity (Wildman–Crippen MR) is 83.0 cm³/mol. The second-order valence-electron chi connectivity index (χ2n) is 4.41. The zero-order chi connectivity index (χ0) is 17.0. The largest absolute Gasteiger partial charge is 0.416 e. The highest BCUT2D eigenvalue weighted by atomic mass is 35.5. The van der Waals surface area contributed by atoms with Crippen molar-refractivity contribution in [1.29, 1.82) is 0 Å². The summed E-state index contributed by atoms with van der Waals surface area (Å²) in [6, 6.07) is 8.64. The summed E-state index contributed by atoms with van der Waals surface area (Å²) in [4.78, 5) is 11.8. The van der Waals surface area contributed by atoms with Gasteiger partial charge in [0.15, 0.2) is 0 Å². The second kappa shape index (κ2) is 7.02. The van der Waals surface area contributed by atoms with Crippen LogP contribution in [0.2, 0.25) is 10.0 Å². The van der Waals surface area contributed by atoms with E-state index in [4.69, 9.17) is 23.2 Å². The molecule has 0 aliphatic heterocycles. The number of carbonyl (C=O) groups excluding carboxylic acids is 1. The third-order valence-corrected chi connectivity index (χ3v) is 3.49. The molecule has 2 aromatic rings. The number of halogens is 5. The van der Waals surface area contributed by atoms with E-state index < -0.39 is 17.6 Å². The maximum Gasteiger partial charge on any atom is 0.416 e. The van der Waals surface area contributed by atoms with Gasteiger partial charge in [-0.1, -0.05) is 29.3 Å². The third kappa shape index (κ3) is 4.46. The van der Waals surface area contributed by atoms with Crippen LogP contribution in [0.3, 0.4) is 0 Å². The van der Waals surface area contributed by atoms with Gasteiger partial charge in [-0.3, -0.25) is 4.79 Å². The lowest BCUT2D eigenvalue weighted by atomic mass is 10.1. The van der Waals surface area contributed by atoms with Crippen molar-refractivity contribution >= 4 is 35.3 Å². The fraction of sp³-hybridized carbons (Fsp3) is 0.0667. The standard InChI is InChI=1S/C15H9Cl2F3N2O/c16-12-2-1-3-13(17)11(12)8-21-22-14(23)9-4-6-10(7-5-9)15(18,19)20/h1-8H,(H,22,23). The minimum absolute atomic E-state index is 0.0420. The SMILES string of the molecule is O=C(NN=Cc1c(Cl)cccc1Cl)c1ccc(C(F)(F)F)cc1.